The summed E-state index contributed by atoms with van der Waals surface area (Å²) >= 11 is 11.7. The lowest BCUT2D eigenvalue weighted by Gasteiger charge is -2.35. The van der Waals surface area contributed by atoms with Gasteiger partial charge in [0.2, 0.25) is 0 Å². The first kappa shape index (κ1) is 17.2. The van der Waals surface area contributed by atoms with Crippen molar-refractivity contribution in [2.45, 2.75) is 6.67 Å². The number of aryl methyl sites for hydroxylation is 1. The maximum Gasteiger partial charge on any atom is 0.288 e. The van der Waals surface area contributed by atoms with Crippen molar-refractivity contribution in [3.8, 4) is 0 Å². The highest BCUT2D eigenvalue weighted by molar-refractivity contribution is 6.41. The van der Waals surface area contributed by atoms with Crippen LogP contribution < -0.4 is 10.5 Å². The number of rotatable bonds is 3. The zero-order valence-electron chi connectivity index (χ0n) is 14.0. The van der Waals surface area contributed by atoms with Gasteiger partial charge >= 0.3 is 0 Å². The number of hydrogen-bond donors (Lipinski definition) is 0. The largest absolute Gasteiger partial charge is 0.353 e. The summed E-state index contributed by atoms with van der Waals surface area (Å²) in [4.78, 5) is 25.2. The van der Waals surface area contributed by atoms with Gasteiger partial charge < -0.3 is 4.90 Å². The van der Waals surface area contributed by atoms with Crippen molar-refractivity contribution in [3.05, 3.63) is 39.1 Å². The minimum absolute atomic E-state index is 0.000239. The lowest BCUT2D eigenvalue weighted by molar-refractivity contribution is 0.191. The van der Waals surface area contributed by atoms with Crippen molar-refractivity contribution in [2.75, 3.05) is 31.1 Å². The lowest BCUT2D eigenvalue weighted by atomic mass is 10.3. The molecule has 0 bridgehead atoms. The van der Waals surface area contributed by atoms with E-state index < -0.39 is 0 Å². The molecule has 0 unspecified atom stereocenters. The number of piperazine rings is 1. The third kappa shape index (κ3) is 3.02. The van der Waals surface area contributed by atoms with Gasteiger partial charge in [0.15, 0.2) is 5.65 Å². The first-order valence-corrected chi connectivity index (χ1v) is 8.81. The molecule has 0 saturated carbocycles. The fourth-order valence-electron chi connectivity index (χ4n) is 3.04. The predicted octanol–water partition coefficient (Wildman–Crippen LogP) is 1.01. The Morgan fingerprint density at radius 3 is 2.62 bits per heavy atom. The molecule has 136 valence electrons. The Balaban J connectivity index is 1.47. The van der Waals surface area contributed by atoms with Gasteiger partial charge in [-0.25, -0.2) is 14.6 Å². The van der Waals surface area contributed by atoms with Crippen LogP contribution in [0.1, 0.15) is 0 Å². The predicted molar refractivity (Wildman–Crippen MR) is 98.6 cm³/mol. The summed E-state index contributed by atoms with van der Waals surface area (Å²) < 4.78 is 3.06. The average molecular weight is 395 g/mol. The molecule has 1 saturated heterocycles. The number of fused-ring (bicyclic) bond motifs is 1. The summed E-state index contributed by atoms with van der Waals surface area (Å²) in [7, 11) is 1.86. The normalized spacial score (nSPS) is 15.7. The summed E-state index contributed by atoms with van der Waals surface area (Å²) in [5.74, 6) is 0.882. The van der Waals surface area contributed by atoms with Crippen LogP contribution in [-0.4, -0.2) is 60.6 Å². The molecule has 1 fully saturated rings. The Kier molecular flexibility index (Phi) is 4.51. The molecule has 0 aromatic carbocycles. The minimum atomic E-state index is -0.380. The molecule has 4 heterocycles. The molecule has 9 nitrogen and oxygen atoms in total. The first-order chi connectivity index (χ1) is 12.5. The summed E-state index contributed by atoms with van der Waals surface area (Å²) in [6, 6.07) is 0. The zero-order chi connectivity index (χ0) is 18.3. The molecule has 3 aromatic heterocycles. The molecule has 4 rings (SSSR count). The van der Waals surface area contributed by atoms with E-state index in [9.17, 15) is 4.79 Å². The second-order valence-corrected chi connectivity index (χ2v) is 6.85. The van der Waals surface area contributed by atoms with Crippen molar-refractivity contribution in [3.63, 3.8) is 0 Å². The summed E-state index contributed by atoms with van der Waals surface area (Å²) in [6.07, 6.45) is 4.74. The van der Waals surface area contributed by atoms with Crippen LogP contribution in [0, 0.1) is 0 Å². The standard InChI is InChI=1S/C15H16Cl2N8O/c1-22-13-10(6-20-22)14(19-8-18-13)24-4-2-23(3-5-24)9-25-15(26)12(17)11(16)7-21-25/h6-8H,2-5,9H2,1H3. The molecule has 11 heteroatoms. The van der Waals surface area contributed by atoms with Crippen molar-refractivity contribution >= 4 is 40.1 Å². The fraction of sp³-hybridized carbons (Fsp3) is 0.400. The summed E-state index contributed by atoms with van der Waals surface area (Å²) in [5.41, 5.74) is 0.429. The van der Waals surface area contributed by atoms with Crippen LogP contribution in [0.25, 0.3) is 11.0 Å². The summed E-state index contributed by atoms with van der Waals surface area (Å²) in [6.45, 7) is 3.45. The molecule has 3 aromatic rings. The van der Waals surface area contributed by atoms with E-state index in [0.717, 1.165) is 43.0 Å². The van der Waals surface area contributed by atoms with Crippen LogP contribution >= 0.6 is 23.2 Å². The molecular formula is C15H16Cl2N8O. The van der Waals surface area contributed by atoms with Crippen molar-refractivity contribution in [2.24, 2.45) is 7.05 Å². The fourth-order valence-corrected chi connectivity index (χ4v) is 3.31. The first-order valence-electron chi connectivity index (χ1n) is 8.05. The molecule has 0 radical (unpaired) electrons. The smallest absolute Gasteiger partial charge is 0.288 e. The van der Waals surface area contributed by atoms with E-state index in [0.29, 0.717) is 6.67 Å². The molecule has 0 atom stereocenters. The van der Waals surface area contributed by atoms with Crippen LogP contribution in [0.5, 0.6) is 0 Å². The molecule has 0 aliphatic carbocycles. The molecule has 1 aliphatic rings. The van der Waals surface area contributed by atoms with E-state index in [1.54, 1.807) is 17.2 Å². The van der Waals surface area contributed by atoms with Gasteiger partial charge in [0, 0.05) is 33.2 Å². The van der Waals surface area contributed by atoms with Gasteiger partial charge in [0.1, 0.15) is 17.2 Å². The molecule has 26 heavy (non-hydrogen) atoms. The molecule has 1 aliphatic heterocycles. The van der Waals surface area contributed by atoms with Crippen molar-refractivity contribution < 1.29 is 0 Å². The van der Waals surface area contributed by atoms with Gasteiger partial charge in [-0.3, -0.25) is 14.4 Å². The topological polar surface area (TPSA) is 85.0 Å². The Morgan fingerprint density at radius 2 is 1.85 bits per heavy atom. The highest BCUT2D eigenvalue weighted by atomic mass is 35.5. The number of aromatic nitrogens is 6. The maximum atomic E-state index is 12.1. The van der Waals surface area contributed by atoms with E-state index in [4.69, 9.17) is 23.2 Å². The molecule has 0 N–H and O–H groups in total. The number of hydrogen-bond acceptors (Lipinski definition) is 7. The Labute approximate surface area is 158 Å². The zero-order valence-corrected chi connectivity index (χ0v) is 15.5. The van der Waals surface area contributed by atoms with Crippen LogP contribution in [0.15, 0.2) is 23.5 Å². The second kappa shape index (κ2) is 6.82. The van der Waals surface area contributed by atoms with Gasteiger partial charge in [-0.1, -0.05) is 23.2 Å². The second-order valence-electron chi connectivity index (χ2n) is 6.06. The van der Waals surface area contributed by atoms with Gasteiger partial charge in [-0.2, -0.15) is 10.2 Å². The van der Waals surface area contributed by atoms with E-state index in [-0.39, 0.29) is 15.6 Å². The van der Waals surface area contributed by atoms with E-state index in [1.165, 1.54) is 10.9 Å². The van der Waals surface area contributed by atoms with Crippen LogP contribution in [0.3, 0.4) is 0 Å². The third-order valence-electron chi connectivity index (χ3n) is 4.46. The monoisotopic (exact) mass is 394 g/mol. The van der Waals surface area contributed by atoms with E-state index >= 15 is 0 Å². The van der Waals surface area contributed by atoms with Crippen LogP contribution in [-0.2, 0) is 13.7 Å². The highest BCUT2D eigenvalue weighted by Gasteiger charge is 2.22. The SMILES string of the molecule is Cn1ncc2c(N3CCN(Cn4ncc(Cl)c(Cl)c4=O)CC3)ncnc21. The Morgan fingerprint density at radius 1 is 1.08 bits per heavy atom. The lowest BCUT2D eigenvalue weighted by Crippen LogP contribution is -2.48. The van der Waals surface area contributed by atoms with Crippen LogP contribution in [0.4, 0.5) is 5.82 Å². The number of anilines is 1. The molecular weight excluding hydrogens is 379 g/mol. The van der Waals surface area contributed by atoms with Gasteiger partial charge in [-0.15, -0.1) is 0 Å². The van der Waals surface area contributed by atoms with E-state index in [1.807, 2.05) is 7.05 Å². The molecule has 0 amide bonds. The van der Waals surface area contributed by atoms with Crippen LogP contribution in [0.2, 0.25) is 10.0 Å². The summed E-state index contributed by atoms with van der Waals surface area (Å²) in [5, 5.41) is 9.41. The Hall–Kier alpha value is -2.23. The third-order valence-corrected chi connectivity index (χ3v) is 5.21. The maximum absolute atomic E-state index is 12.1. The van der Waals surface area contributed by atoms with Crippen molar-refractivity contribution in [1.82, 2.24) is 34.4 Å². The van der Waals surface area contributed by atoms with Gasteiger partial charge in [0.05, 0.1) is 29.5 Å². The number of nitrogens with zero attached hydrogens (tertiary/aromatic N) is 8. The van der Waals surface area contributed by atoms with Crippen molar-refractivity contribution in [1.29, 1.82) is 0 Å². The average Bonchev–Trinajstić information content (AvgIpc) is 3.04. The Bertz CT molecular complexity index is 1010. The van der Waals surface area contributed by atoms with Gasteiger partial charge in [0.25, 0.3) is 5.56 Å². The molecule has 0 spiro atoms. The highest BCUT2D eigenvalue weighted by Crippen LogP contribution is 2.23. The minimum Gasteiger partial charge on any atom is -0.353 e. The number of halogens is 2. The quantitative estimate of drug-likeness (QED) is 0.654. The van der Waals surface area contributed by atoms with E-state index in [2.05, 4.69) is 30.0 Å². The van der Waals surface area contributed by atoms with Gasteiger partial charge in [-0.05, 0) is 0 Å².